The average molecular weight is 386 g/mol. The summed E-state index contributed by atoms with van der Waals surface area (Å²) in [6.07, 6.45) is 0.720. The molecule has 1 amide bonds. The number of aromatic nitrogens is 1. The van der Waals surface area contributed by atoms with Crippen LogP contribution >= 0.6 is 23.1 Å². The molecule has 0 atom stereocenters. The van der Waals surface area contributed by atoms with Crippen LogP contribution in [-0.4, -0.2) is 29.5 Å². The second kappa shape index (κ2) is 8.82. The van der Waals surface area contributed by atoms with Crippen molar-refractivity contribution in [1.82, 2.24) is 10.4 Å². The molecule has 0 saturated heterocycles. The average Bonchev–Trinajstić information content (AvgIpc) is 3.10. The number of nitrogens with one attached hydrogen (secondary N) is 1. The van der Waals surface area contributed by atoms with Crippen LogP contribution in [0, 0.1) is 0 Å². The number of para-hydroxylation sites is 1. The third-order valence-electron chi connectivity index (χ3n) is 3.67. The van der Waals surface area contributed by atoms with E-state index in [0.29, 0.717) is 0 Å². The van der Waals surface area contributed by atoms with Crippen LogP contribution in [0.2, 0.25) is 0 Å². The number of fused-ring (bicyclic) bond motifs is 1. The first kappa shape index (κ1) is 18.4. The molecule has 0 aliphatic heterocycles. The number of ether oxygens (including phenoxy) is 1. The van der Waals surface area contributed by atoms with Gasteiger partial charge in [0, 0.05) is 0 Å². The van der Waals surface area contributed by atoms with E-state index in [9.17, 15) is 4.79 Å². The molecule has 0 radical (unpaired) electrons. The zero-order valence-electron chi connectivity index (χ0n) is 14.6. The van der Waals surface area contributed by atoms with Crippen molar-refractivity contribution in [2.24, 2.45) is 5.10 Å². The molecule has 0 fully saturated rings. The SMILES string of the molecule is CC/C(=N/NC(=O)CSc1nc2ccccc2s1)c1ccc(OC)cc1. The van der Waals surface area contributed by atoms with Gasteiger partial charge >= 0.3 is 0 Å². The van der Waals surface area contributed by atoms with Gasteiger partial charge in [-0.25, -0.2) is 10.4 Å². The summed E-state index contributed by atoms with van der Waals surface area (Å²) >= 11 is 3.02. The molecule has 3 aromatic rings. The molecule has 5 nitrogen and oxygen atoms in total. The molecule has 26 heavy (non-hydrogen) atoms. The molecule has 1 aromatic heterocycles. The Morgan fingerprint density at radius 3 is 2.69 bits per heavy atom. The van der Waals surface area contributed by atoms with Crippen LogP contribution in [0.4, 0.5) is 0 Å². The summed E-state index contributed by atoms with van der Waals surface area (Å²) in [5.74, 6) is 0.928. The highest BCUT2D eigenvalue weighted by atomic mass is 32.2. The third-order valence-corrected chi connectivity index (χ3v) is 5.85. The fourth-order valence-electron chi connectivity index (χ4n) is 2.33. The first-order valence-corrected chi connectivity index (χ1v) is 9.98. The maximum Gasteiger partial charge on any atom is 0.250 e. The Hall–Kier alpha value is -2.38. The van der Waals surface area contributed by atoms with Crippen molar-refractivity contribution < 1.29 is 9.53 Å². The van der Waals surface area contributed by atoms with Crippen molar-refractivity contribution >= 4 is 44.9 Å². The summed E-state index contributed by atoms with van der Waals surface area (Å²) in [6, 6.07) is 15.6. The van der Waals surface area contributed by atoms with E-state index in [2.05, 4.69) is 15.5 Å². The van der Waals surface area contributed by atoms with Crippen LogP contribution in [-0.2, 0) is 4.79 Å². The summed E-state index contributed by atoms with van der Waals surface area (Å²) in [5, 5.41) is 4.27. The van der Waals surface area contributed by atoms with E-state index in [0.717, 1.165) is 38.0 Å². The Labute approximate surface area is 160 Å². The molecule has 0 aliphatic rings. The van der Waals surface area contributed by atoms with Crippen molar-refractivity contribution in [2.75, 3.05) is 12.9 Å². The van der Waals surface area contributed by atoms with E-state index in [4.69, 9.17) is 4.74 Å². The molecule has 0 bridgehead atoms. The lowest BCUT2D eigenvalue weighted by Gasteiger charge is -2.06. The quantitative estimate of drug-likeness (QED) is 0.374. The number of hydrogen-bond acceptors (Lipinski definition) is 6. The monoisotopic (exact) mass is 385 g/mol. The normalized spacial score (nSPS) is 11.5. The van der Waals surface area contributed by atoms with Crippen LogP contribution in [0.5, 0.6) is 5.75 Å². The molecule has 0 spiro atoms. The minimum absolute atomic E-state index is 0.145. The smallest absolute Gasteiger partial charge is 0.250 e. The van der Waals surface area contributed by atoms with Gasteiger partial charge in [0.2, 0.25) is 0 Å². The van der Waals surface area contributed by atoms with E-state index >= 15 is 0 Å². The van der Waals surface area contributed by atoms with E-state index in [1.54, 1.807) is 18.4 Å². The van der Waals surface area contributed by atoms with Gasteiger partial charge in [-0.2, -0.15) is 5.10 Å². The van der Waals surface area contributed by atoms with Crippen molar-refractivity contribution in [1.29, 1.82) is 0 Å². The van der Waals surface area contributed by atoms with Gasteiger partial charge in [0.1, 0.15) is 5.75 Å². The van der Waals surface area contributed by atoms with Gasteiger partial charge in [-0.05, 0) is 48.4 Å². The molecule has 7 heteroatoms. The summed E-state index contributed by atoms with van der Waals surface area (Å²) < 4.78 is 7.17. The molecule has 1 heterocycles. The lowest BCUT2D eigenvalue weighted by atomic mass is 10.1. The predicted octanol–water partition coefficient (Wildman–Crippen LogP) is 4.33. The van der Waals surface area contributed by atoms with Crippen LogP contribution in [0.25, 0.3) is 10.2 Å². The number of carbonyl (C=O) groups excluding carboxylic acids is 1. The van der Waals surface area contributed by atoms with Gasteiger partial charge in [-0.3, -0.25) is 4.79 Å². The van der Waals surface area contributed by atoms with Crippen molar-refractivity contribution in [3.8, 4) is 5.75 Å². The summed E-state index contributed by atoms with van der Waals surface area (Å²) in [4.78, 5) is 16.6. The number of hydrazone groups is 1. The second-order valence-electron chi connectivity index (χ2n) is 5.41. The Morgan fingerprint density at radius 1 is 1.23 bits per heavy atom. The topological polar surface area (TPSA) is 63.6 Å². The molecule has 2 aromatic carbocycles. The lowest BCUT2D eigenvalue weighted by Crippen LogP contribution is -2.21. The van der Waals surface area contributed by atoms with Gasteiger partial charge in [-0.15, -0.1) is 11.3 Å². The van der Waals surface area contributed by atoms with Crippen LogP contribution < -0.4 is 10.2 Å². The Kier molecular flexibility index (Phi) is 6.25. The molecule has 0 aliphatic carbocycles. The van der Waals surface area contributed by atoms with Crippen LogP contribution in [0.15, 0.2) is 58.0 Å². The van der Waals surface area contributed by atoms with Gasteiger partial charge in [0.05, 0.1) is 28.8 Å². The maximum absolute atomic E-state index is 12.1. The standard InChI is InChI=1S/C19H19N3O2S2/c1-3-15(13-8-10-14(24-2)11-9-13)21-22-18(23)12-25-19-20-16-6-4-5-7-17(16)26-19/h4-11H,3,12H2,1-2H3,(H,22,23)/b21-15-. The zero-order chi connectivity index (χ0) is 18.4. The van der Waals surface area contributed by atoms with Gasteiger partial charge in [0.15, 0.2) is 4.34 Å². The number of nitrogens with zero attached hydrogens (tertiary/aromatic N) is 2. The number of thioether (sulfide) groups is 1. The molecule has 0 unspecified atom stereocenters. The number of rotatable bonds is 7. The van der Waals surface area contributed by atoms with Crippen LogP contribution in [0.1, 0.15) is 18.9 Å². The van der Waals surface area contributed by atoms with E-state index in [1.807, 2.05) is 55.5 Å². The van der Waals surface area contributed by atoms with Crippen molar-refractivity contribution in [3.63, 3.8) is 0 Å². The summed E-state index contributed by atoms with van der Waals surface area (Å²) in [7, 11) is 1.63. The van der Waals surface area contributed by atoms with E-state index < -0.39 is 0 Å². The fraction of sp³-hybridized carbons (Fsp3) is 0.211. The third kappa shape index (κ3) is 4.62. The Morgan fingerprint density at radius 2 is 2.00 bits per heavy atom. The fourth-order valence-corrected chi connectivity index (χ4v) is 4.19. The molecule has 0 saturated carbocycles. The van der Waals surface area contributed by atoms with Crippen molar-refractivity contribution in [2.45, 2.75) is 17.7 Å². The highest BCUT2D eigenvalue weighted by Crippen LogP contribution is 2.29. The largest absolute Gasteiger partial charge is 0.497 e. The highest BCUT2D eigenvalue weighted by Gasteiger charge is 2.08. The molecular formula is C19H19N3O2S2. The molecular weight excluding hydrogens is 366 g/mol. The van der Waals surface area contributed by atoms with Gasteiger partial charge in [-0.1, -0.05) is 30.8 Å². The van der Waals surface area contributed by atoms with E-state index in [1.165, 1.54) is 11.8 Å². The lowest BCUT2D eigenvalue weighted by molar-refractivity contribution is -0.118. The summed E-state index contributed by atoms with van der Waals surface area (Å²) in [5.41, 5.74) is 5.39. The maximum atomic E-state index is 12.1. The molecule has 3 rings (SSSR count). The second-order valence-corrected chi connectivity index (χ2v) is 7.66. The Bertz CT molecular complexity index is 887. The minimum atomic E-state index is -0.145. The molecule has 1 N–H and O–H groups in total. The summed E-state index contributed by atoms with van der Waals surface area (Å²) in [6.45, 7) is 2.01. The van der Waals surface area contributed by atoms with Crippen molar-refractivity contribution in [3.05, 3.63) is 54.1 Å². The first-order chi connectivity index (χ1) is 12.7. The van der Waals surface area contributed by atoms with E-state index in [-0.39, 0.29) is 11.7 Å². The first-order valence-electron chi connectivity index (χ1n) is 8.17. The highest BCUT2D eigenvalue weighted by molar-refractivity contribution is 8.01. The number of amides is 1. The number of thiazole rings is 1. The van der Waals surface area contributed by atoms with Gasteiger partial charge < -0.3 is 4.74 Å². The minimum Gasteiger partial charge on any atom is -0.497 e. The van der Waals surface area contributed by atoms with Crippen LogP contribution in [0.3, 0.4) is 0 Å². The predicted molar refractivity (Wildman–Crippen MR) is 108 cm³/mol. The van der Waals surface area contributed by atoms with Gasteiger partial charge in [0.25, 0.3) is 5.91 Å². The number of hydrogen-bond donors (Lipinski definition) is 1. The number of benzene rings is 2. The Balaban J connectivity index is 1.58. The zero-order valence-corrected chi connectivity index (χ0v) is 16.2. The molecule has 134 valence electrons. The number of methoxy groups -OCH3 is 1. The number of carbonyl (C=O) groups is 1.